The summed E-state index contributed by atoms with van der Waals surface area (Å²) < 4.78 is 3.25. The van der Waals surface area contributed by atoms with Gasteiger partial charge in [-0.15, -0.1) is 0 Å². The van der Waals surface area contributed by atoms with Gasteiger partial charge in [0, 0.05) is 70.5 Å². The Labute approximate surface area is 182 Å². The van der Waals surface area contributed by atoms with E-state index in [0.717, 1.165) is 46.6 Å². The zero-order valence-electron chi connectivity index (χ0n) is 16.4. The molecule has 0 spiro atoms. The maximum atomic E-state index is 10.6. The van der Waals surface area contributed by atoms with Crippen molar-refractivity contribution in [3.05, 3.63) is 46.6 Å². The second-order valence-electron chi connectivity index (χ2n) is 8.56. The second kappa shape index (κ2) is 6.72. The van der Waals surface area contributed by atoms with Crippen LogP contribution in [-0.4, -0.2) is 41.1 Å². The van der Waals surface area contributed by atoms with Crippen LogP contribution in [0.5, 0.6) is 23.5 Å². The Kier molecular flexibility index (Phi) is 4.19. The number of aromatic nitrogens is 2. The molecule has 0 aromatic carbocycles. The van der Waals surface area contributed by atoms with Gasteiger partial charge in [0.15, 0.2) is 23.5 Å². The molecule has 0 saturated carbocycles. The minimum Gasteiger partial charge on any atom is -0.494 e. The molecule has 0 saturated heterocycles. The Morgan fingerprint density at radius 3 is 1.20 bits per heavy atom. The van der Waals surface area contributed by atoms with E-state index in [-0.39, 0.29) is 47.2 Å². The fraction of sp³-hybridized carbons (Fsp3) is 0.455. The van der Waals surface area contributed by atoms with Gasteiger partial charge in [0.05, 0.1) is 0 Å². The molecule has 158 valence electrons. The SMILES string of the molecule is Oc1c2c(c(O)n1CCSSCCn1c(O)c3c(c1O)C1C=CC3C1)C1C=CC2C1. The molecule has 2 aromatic heterocycles. The summed E-state index contributed by atoms with van der Waals surface area (Å²) in [5.74, 6) is 3.32. The van der Waals surface area contributed by atoms with Gasteiger partial charge >= 0.3 is 0 Å². The van der Waals surface area contributed by atoms with Gasteiger partial charge in [0.1, 0.15) is 0 Å². The Balaban J connectivity index is 1.03. The van der Waals surface area contributed by atoms with Crippen LogP contribution in [-0.2, 0) is 13.1 Å². The second-order valence-corrected chi connectivity index (χ2v) is 11.3. The predicted molar refractivity (Wildman–Crippen MR) is 119 cm³/mol. The van der Waals surface area contributed by atoms with Crippen molar-refractivity contribution in [2.45, 2.75) is 49.6 Å². The highest BCUT2D eigenvalue weighted by atomic mass is 33.1. The van der Waals surface area contributed by atoms with E-state index < -0.39 is 0 Å². The molecule has 30 heavy (non-hydrogen) atoms. The molecule has 0 radical (unpaired) electrons. The number of hydrogen-bond acceptors (Lipinski definition) is 6. The normalized spacial score (nSPS) is 26.8. The molecule has 4 aliphatic carbocycles. The van der Waals surface area contributed by atoms with Crippen molar-refractivity contribution in [1.82, 2.24) is 9.13 Å². The first-order valence-corrected chi connectivity index (χ1v) is 12.9. The zero-order valence-corrected chi connectivity index (χ0v) is 18.0. The van der Waals surface area contributed by atoms with Gasteiger partial charge in [-0.25, -0.2) is 0 Å². The molecule has 4 aliphatic rings. The fourth-order valence-electron chi connectivity index (χ4n) is 5.78. The summed E-state index contributed by atoms with van der Waals surface area (Å²) in [6.07, 6.45) is 10.5. The van der Waals surface area contributed by atoms with Crippen molar-refractivity contribution >= 4 is 21.6 Å². The fourth-order valence-corrected chi connectivity index (χ4v) is 7.68. The van der Waals surface area contributed by atoms with Crippen LogP contribution < -0.4 is 0 Å². The lowest BCUT2D eigenvalue weighted by atomic mass is 10.0. The standard InChI is InChI=1S/C22H24N2O4S2/c25-19-15-11-1-2-12(9-11)16(15)20(26)23(19)5-7-29-30-8-6-24-21(27)17-13-3-4-14(10-13)18(17)22(24)28/h1-4,11-14,25-28H,5-10H2. The molecule has 4 bridgehead atoms. The molecule has 2 heterocycles. The van der Waals surface area contributed by atoms with Gasteiger partial charge < -0.3 is 20.4 Å². The number of hydrogen-bond donors (Lipinski definition) is 4. The molecule has 0 amide bonds. The molecule has 0 fully saturated rings. The first-order chi connectivity index (χ1) is 14.6. The first kappa shape index (κ1) is 18.7. The summed E-state index contributed by atoms with van der Waals surface area (Å²) in [5.41, 5.74) is 3.64. The maximum absolute atomic E-state index is 10.6. The van der Waals surface area contributed by atoms with Crippen LogP contribution in [0.25, 0.3) is 0 Å². The highest BCUT2D eigenvalue weighted by molar-refractivity contribution is 8.76. The third-order valence-electron chi connectivity index (χ3n) is 7.10. The van der Waals surface area contributed by atoms with Crippen molar-refractivity contribution in [2.75, 3.05) is 11.5 Å². The van der Waals surface area contributed by atoms with Crippen LogP contribution in [0.4, 0.5) is 0 Å². The summed E-state index contributed by atoms with van der Waals surface area (Å²) in [5, 5.41) is 42.2. The van der Waals surface area contributed by atoms with E-state index in [9.17, 15) is 20.4 Å². The molecular weight excluding hydrogens is 420 g/mol. The monoisotopic (exact) mass is 444 g/mol. The number of allylic oxidation sites excluding steroid dienone is 4. The summed E-state index contributed by atoms with van der Waals surface area (Å²) in [4.78, 5) is 0. The number of rotatable bonds is 7. The Morgan fingerprint density at radius 2 is 0.900 bits per heavy atom. The van der Waals surface area contributed by atoms with E-state index in [4.69, 9.17) is 0 Å². The van der Waals surface area contributed by atoms with Gasteiger partial charge in [-0.2, -0.15) is 0 Å². The van der Waals surface area contributed by atoms with Crippen molar-refractivity contribution in [2.24, 2.45) is 0 Å². The van der Waals surface area contributed by atoms with Gasteiger partial charge in [-0.1, -0.05) is 45.9 Å². The van der Waals surface area contributed by atoms with E-state index in [1.54, 1.807) is 30.7 Å². The average Bonchev–Trinajstić information content (AvgIpc) is 3.56. The third kappa shape index (κ3) is 2.46. The van der Waals surface area contributed by atoms with Crippen LogP contribution >= 0.6 is 21.6 Å². The van der Waals surface area contributed by atoms with Gasteiger partial charge in [-0.05, 0) is 12.8 Å². The molecule has 6 nitrogen and oxygen atoms in total. The maximum Gasteiger partial charge on any atom is 0.198 e. The lowest BCUT2D eigenvalue weighted by molar-refractivity contribution is 0.367. The number of nitrogens with zero attached hydrogens (tertiary/aromatic N) is 2. The van der Waals surface area contributed by atoms with E-state index in [1.807, 2.05) is 0 Å². The molecule has 8 heteroatoms. The molecule has 2 aromatic rings. The smallest absolute Gasteiger partial charge is 0.198 e. The van der Waals surface area contributed by atoms with E-state index in [1.165, 1.54) is 0 Å². The summed E-state index contributed by atoms with van der Waals surface area (Å²) in [6, 6.07) is 0. The van der Waals surface area contributed by atoms with Crippen LogP contribution in [0.15, 0.2) is 24.3 Å². The van der Waals surface area contributed by atoms with Crippen LogP contribution in [0, 0.1) is 0 Å². The van der Waals surface area contributed by atoms with Crippen LogP contribution in [0.2, 0.25) is 0 Å². The summed E-state index contributed by atoms with van der Waals surface area (Å²) in [6.45, 7) is 1.09. The van der Waals surface area contributed by atoms with Crippen LogP contribution in [0.3, 0.4) is 0 Å². The molecule has 0 aliphatic heterocycles. The van der Waals surface area contributed by atoms with Crippen molar-refractivity contribution < 1.29 is 20.4 Å². The van der Waals surface area contributed by atoms with Crippen molar-refractivity contribution in [1.29, 1.82) is 0 Å². The molecule has 4 unspecified atom stereocenters. The zero-order chi connectivity index (χ0) is 20.6. The molecule has 4 atom stereocenters. The number of aromatic hydroxyl groups is 4. The largest absolute Gasteiger partial charge is 0.494 e. The van der Waals surface area contributed by atoms with E-state index in [2.05, 4.69) is 24.3 Å². The lowest BCUT2D eigenvalue weighted by Crippen LogP contribution is -2.02. The third-order valence-corrected chi connectivity index (χ3v) is 9.46. The highest BCUT2D eigenvalue weighted by Gasteiger charge is 2.41. The lowest BCUT2D eigenvalue weighted by Gasteiger charge is -2.11. The quantitative estimate of drug-likeness (QED) is 0.286. The molecule has 4 N–H and O–H groups in total. The van der Waals surface area contributed by atoms with E-state index >= 15 is 0 Å². The minimum absolute atomic E-state index is 0.213. The van der Waals surface area contributed by atoms with Gasteiger partial charge in [0.25, 0.3) is 0 Å². The average molecular weight is 445 g/mol. The summed E-state index contributed by atoms with van der Waals surface area (Å²) >= 11 is 0. The van der Waals surface area contributed by atoms with Gasteiger partial charge in [-0.3, -0.25) is 9.13 Å². The van der Waals surface area contributed by atoms with Crippen molar-refractivity contribution in [3.8, 4) is 23.5 Å². The van der Waals surface area contributed by atoms with Crippen molar-refractivity contribution in [3.63, 3.8) is 0 Å². The molecule has 6 rings (SSSR count). The Morgan fingerprint density at radius 1 is 0.600 bits per heavy atom. The topological polar surface area (TPSA) is 90.8 Å². The predicted octanol–water partition coefficient (Wildman–Crippen LogP) is 4.48. The van der Waals surface area contributed by atoms with Gasteiger partial charge in [0.2, 0.25) is 0 Å². The number of fused-ring (bicyclic) bond motifs is 10. The Bertz CT molecular complexity index is 943. The first-order valence-electron chi connectivity index (χ1n) is 10.5. The van der Waals surface area contributed by atoms with E-state index in [0.29, 0.717) is 13.1 Å². The molecular formula is C22H24N2O4S2. The summed E-state index contributed by atoms with van der Waals surface area (Å²) in [7, 11) is 3.34. The van der Waals surface area contributed by atoms with Crippen LogP contribution in [0.1, 0.15) is 58.8 Å². The highest BCUT2D eigenvalue weighted by Crippen LogP contribution is 2.57. The minimum atomic E-state index is 0.213. The Hall–Kier alpha value is -2.06.